The SMILES string of the molecule is Cc1cc(C)c(C)c(-c2cccc[n+]2C)c1.Cc1ccc2c(n1)oc1c(-c3cc(-c4ccccc4)cc[n+]3C)c(C)ccc12.[2H]C([2H])([2H])c1c[n+](C)c(-c2c(C)cc(C([2H])([2H])[2H])c3c2oc2nc(C)ccc23)cc1-c1ccccc1.[2H]C([2H])([2H])c1c[n+](C)c(-c2c(C)ccc3c2oc2nc(C)ccc23)cc1-c1ccccc1.[2H]C([2H])([2H])c1cc(C)c(-c2cc(-c3ccccc3)cc[n+]2C)c2oc3nc(C)ccc3c12. The van der Waals surface area contributed by atoms with Crippen molar-refractivity contribution in [3.05, 3.63) is 388 Å². The second-order valence-electron chi connectivity index (χ2n) is 34.5. The van der Waals surface area contributed by atoms with Gasteiger partial charge in [0, 0.05) is 148 Å². The van der Waals surface area contributed by atoms with Gasteiger partial charge in [-0.15, -0.1) is 0 Å². The number of rotatable bonds is 9. The summed E-state index contributed by atoms with van der Waals surface area (Å²) in [5.41, 5.74) is 34.5. The van der Waals surface area contributed by atoms with Crippen LogP contribution in [0.25, 0.3) is 189 Å². The van der Waals surface area contributed by atoms with Crippen molar-refractivity contribution in [2.24, 2.45) is 35.2 Å². The molecule has 0 atom stereocenters. The molecule has 0 amide bonds. The fraction of sp³-hybridized carbons (Fsp3) is 0.168. The first-order chi connectivity index (χ1) is 68.5. The smallest absolute Gasteiger partial charge is 0.227 e. The Labute approximate surface area is 788 Å². The highest BCUT2D eigenvalue weighted by atomic mass is 16.4. The van der Waals surface area contributed by atoms with E-state index in [1.165, 1.54) is 44.6 Å². The van der Waals surface area contributed by atoms with E-state index in [0.717, 1.165) is 128 Å². The van der Waals surface area contributed by atoms with Gasteiger partial charge in [0.25, 0.3) is 0 Å². The Kier molecular flexibility index (Phi) is 20.2. The molecular formula is C119H110N9O4+5. The molecule has 132 heavy (non-hydrogen) atoms. The van der Waals surface area contributed by atoms with Crippen molar-refractivity contribution in [2.45, 2.75) is 104 Å². The van der Waals surface area contributed by atoms with E-state index >= 15 is 0 Å². The molecule has 650 valence electrons. The van der Waals surface area contributed by atoms with Gasteiger partial charge in [0.15, 0.2) is 53.3 Å². The van der Waals surface area contributed by atoms with Crippen molar-refractivity contribution in [3.63, 3.8) is 0 Å². The second-order valence-corrected chi connectivity index (χ2v) is 34.5. The molecule has 0 unspecified atom stereocenters. The monoisotopic (exact) mass is 1740 g/mol. The Morgan fingerprint density at radius 1 is 0.235 bits per heavy atom. The van der Waals surface area contributed by atoms with Crippen LogP contribution in [0.1, 0.15) is 100 Å². The van der Waals surface area contributed by atoms with E-state index in [1.54, 1.807) is 36.1 Å². The van der Waals surface area contributed by atoms with E-state index in [9.17, 15) is 0 Å². The normalized spacial score (nSPS) is 13.1. The first kappa shape index (κ1) is 73.4. The maximum absolute atomic E-state index is 8.17. The zero-order chi connectivity index (χ0) is 102. The van der Waals surface area contributed by atoms with E-state index < -0.39 is 27.4 Å². The Balaban J connectivity index is 0.000000120. The molecule has 9 aromatic carbocycles. The van der Waals surface area contributed by atoms with Gasteiger partial charge in [0.2, 0.25) is 51.3 Å². The van der Waals surface area contributed by atoms with Gasteiger partial charge in [-0.05, 0) is 253 Å². The van der Waals surface area contributed by atoms with Gasteiger partial charge in [-0.1, -0.05) is 169 Å². The van der Waals surface area contributed by atoms with Crippen LogP contribution in [0.3, 0.4) is 0 Å². The number of fused-ring (bicyclic) bond motifs is 12. The third-order valence-electron chi connectivity index (χ3n) is 25.0. The van der Waals surface area contributed by atoms with Crippen LogP contribution in [-0.2, 0) is 35.2 Å². The Morgan fingerprint density at radius 2 is 0.576 bits per heavy atom. The summed E-state index contributed by atoms with van der Waals surface area (Å²) in [6.45, 7) is 13.0. The van der Waals surface area contributed by atoms with Crippen LogP contribution in [0.5, 0.6) is 0 Å². The average molecular weight is 1740 g/mol. The van der Waals surface area contributed by atoms with Crippen LogP contribution >= 0.6 is 0 Å². The van der Waals surface area contributed by atoms with E-state index in [2.05, 4.69) is 205 Å². The molecule has 0 saturated carbocycles. The number of aryl methyl sites for hydroxylation is 19. The molecule has 0 aliphatic carbocycles. The molecule has 0 radical (unpaired) electrons. The van der Waals surface area contributed by atoms with Gasteiger partial charge in [0.05, 0.1) is 22.3 Å². The number of furan rings is 4. The molecule has 13 heteroatoms. The maximum Gasteiger partial charge on any atom is 0.227 e. The highest BCUT2D eigenvalue weighted by Crippen LogP contribution is 2.45. The lowest BCUT2D eigenvalue weighted by atomic mass is 9.94. The molecule has 0 aliphatic rings. The summed E-state index contributed by atoms with van der Waals surface area (Å²) in [6.07, 6.45) is 9.56. The number of aromatic nitrogens is 9. The Bertz CT molecular complexity index is 8770. The number of pyridine rings is 9. The van der Waals surface area contributed by atoms with Gasteiger partial charge in [-0.3, -0.25) is 0 Å². The summed E-state index contributed by atoms with van der Waals surface area (Å²) in [5.74, 6) is 0. The van der Waals surface area contributed by atoms with Crippen molar-refractivity contribution < 1.29 is 57.0 Å². The third-order valence-corrected chi connectivity index (χ3v) is 25.0. The molecule has 13 heterocycles. The Hall–Kier alpha value is -15.5. The van der Waals surface area contributed by atoms with Gasteiger partial charge in [0.1, 0.15) is 35.2 Å². The quantitative estimate of drug-likeness (QED) is 0.131. The fourth-order valence-electron chi connectivity index (χ4n) is 18.1. The van der Waals surface area contributed by atoms with Crippen molar-refractivity contribution in [1.82, 2.24) is 19.9 Å². The number of hydrogen-bond donors (Lipinski definition) is 0. The molecule has 0 aliphatic heterocycles. The van der Waals surface area contributed by atoms with Crippen LogP contribution in [0.4, 0.5) is 0 Å². The minimum Gasteiger partial charge on any atom is -0.437 e. The summed E-state index contributed by atoms with van der Waals surface area (Å²) in [4.78, 5) is 18.2. The average Bonchev–Trinajstić information content (AvgIpc) is 1.57. The molecule has 22 aromatic rings. The standard InChI is InChI=1S/C27H25N2O.2C26H23N2O.C25H21N2O.C15H18N/c1-16-13-17(2)25(26-24(16)21-12-11-19(4)28-27(21)30-26)23-14-22(18(3)15-29(23)5)20-9-7-6-8-10-20;1-16-10-12-20-21-13-11-18(3)27-26(21)29-25(20)24(16)23-14-22(17(2)15-28(23)4)19-8-6-5-7-9-19;1-16-14-17(2)24(25-23(16)21-11-10-18(3)27-26(21)29-25)22-15-20(12-13-28(22)4)19-8-6-5-7-9-19;1-16-9-11-20-21-12-10-17(2)26-25(21)28-24(20)23(16)22-15-19(13-14-27(22)3)18-7-5-4-6-8-18;1-11-9-12(2)13(3)14(10-11)15-7-5-6-8-16(15)4/h6-15H,1-5H3;2*5-15H,1-4H3;4-15H,1-3H3;5-10H,1-4H3/q5*+1/i1D3,3D3;2D3;1D3;;. The molecule has 0 saturated heterocycles. The van der Waals surface area contributed by atoms with Crippen molar-refractivity contribution in [3.8, 4) is 101 Å². The molecule has 0 bridgehead atoms. The van der Waals surface area contributed by atoms with E-state index in [-0.39, 0.29) is 11.1 Å². The molecule has 13 aromatic heterocycles. The van der Waals surface area contributed by atoms with E-state index in [1.807, 2.05) is 217 Å². The van der Waals surface area contributed by atoms with Gasteiger partial charge >= 0.3 is 0 Å². The zero-order valence-electron chi connectivity index (χ0n) is 89.0. The van der Waals surface area contributed by atoms with Crippen molar-refractivity contribution in [1.29, 1.82) is 0 Å². The lowest BCUT2D eigenvalue weighted by molar-refractivity contribution is -0.660. The van der Waals surface area contributed by atoms with E-state index in [0.29, 0.717) is 89.3 Å². The zero-order valence-corrected chi connectivity index (χ0v) is 77.0. The number of hydrogen-bond acceptors (Lipinski definition) is 8. The lowest BCUT2D eigenvalue weighted by Gasteiger charge is -2.11. The van der Waals surface area contributed by atoms with E-state index in [4.69, 9.17) is 34.1 Å². The summed E-state index contributed by atoms with van der Waals surface area (Å²) in [7, 11) is 9.81. The summed E-state index contributed by atoms with van der Waals surface area (Å²) >= 11 is 0. The molecule has 22 rings (SSSR count). The predicted octanol–water partition coefficient (Wildman–Crippen LogP) is 27.4. The minimum atomic E-state index is -2.36. The third kappa shape index (κ3) is 16.9. The molecule has 0 fully saturated rings. The first-order valence-corrected chi connectivity index (χ1v) is 44.2. The second kappa shape index (κ2) is 36.2. The highest BCUT2D eigenvalue weighted by Gasteiger charge is 2.30. The highest BCUT2D eigenvalue weighted by molar-refractivity contribution is 6.13. The van der Waals surface area contributed by atoms with Crippen LogP contribution in [0, 0.1) is 104 Å². The van der Waals surface area contributed by atoms with Crippen LogP contribution < -0.4 is 22.8 Å². The van der Waals surface area contributed by atoms with Crippen LogP contribution in [0.2, 0.25) is 0 Å². The minimum absolute atomic E-state index is 0.202. The topological polar surface area (TPSA) is 124 Å². The van der Waals surface area contributed by atoms with Gasteiger partial charge in [-0.2, -0.15) is 0 Å². The predicted molar refractivity (Wildman–Crippen MR) is 538 cm³/mol. The van der Waals surface area contributed by atoms with Crippen LogP contribution in [-0.4, -0.2) is 19.9 Å². The molecule has 0 N–H and O–H groups in total. The van der Waals surface area contributed by atoms with Crippen molar-refractivity contribution >= 4 is 88.3 Å². The van der Waals surface area contributed by atoms with Gasteiger partial charge < -0.3 is 17.7 Å². The fourth-order valence-corrected chi connectivity index (χ4v) is 18.1. The maximum atomic E-state index is 8.17. The number of benzene rings is 9. The summed E-state index contributed by atoms with van der Waals surface area (Å²) in [6, 6.07) is 90.4. The number of nitrogens with zero attached hydrogens (tertiary/aromatic N) is 9. The largest absolute Gasteiger partial charge is 0.437 e. The Morgan fingerprint density at radius 3 is 0.970 bits per heavy atom. The summed E-state index contributed by atoms with van der Waals surface area (Å²) < 4.78 is 133. The van der Waals surface area contributed by atoms with Crippen molar-refractivity contribution in [2.75, 3.05) is 0 Å². The first-order valence-electron chi connectivity index (χ1n) is 50.2. The van der Waals surface area contributed by atoms with Gasteiger partial charge in [-0.25, -0.2) is 42.8 Å². The molecule has 13 nitrogen and oxygen atoms in total. The summed E-state index contributed by atoms with van der Waals surface area (Å²) in [5, 5.41) is 6.59. The molecular weight excluding hydrogens is 1620 g/mol. The lowest BCUT2D eigenvalue weighted by Crippen LogP contribution is -2.31. The van der Waals surface area contributed by atoms with Crippen LogP contribution in [0.15, 0.2) is 322 Å². The molecule has 0 spiro atoms.